The maximum atomic E-state index is 9.42. The molecule has 0 unspecified atom stereocenters. The van der Waals surface area contributed by atoms with Crippen LogP contribution < -0.4 is 0 Å². The Kier molecular flexibility index (Phi) is 8.46. The van der Waals surface area contributed by atoms with E-state index in [0.29, 0.717) is 6.42 Å². The fraction of sp³-hybridized carbons (Fsp3) is 1.00. The molecule has 0 saturated heterocycles. The van der Waals surface area contributed by atoms with Crippen molar-refractivity contribution in [3.05, 3.63) is 0 Å². The monoisotopic (exact) mass is 188 g/mol. The average Bonchev–Trinajstić information content (AvgIpc) is 2.16. The highest BCUT2D eigenvalue weighted by atomic mass is 16.3. The van der Waals surface area contributed by atoms with Gasteiger partial charge in [0.1, 0.15) is 0 Å². The summed E-state index contributed by atoms with van der Waals surface area (Å²) in [5.74, 6) is 0. The summed E-state index contributed by atoms with van der Waals surface area (Å²) in [5.41, 5.74) is 0. The summed E-state index contributed by atoms with van der Waals surface area (Å²) in [6, 6.07) is 0. The molecule has 0 bridgehead atoms. The van der Waals surface area contributed by atoms with E-state index in [4.69, 9.17) is 0 Å². The van der Waals surface area contributed by atoms with Crippen molar-refractivity contribution in [2.75, 3.05) is 0 Å². The molecule has 0 amide bonds. The Balaban J connectivity index is 3.21. The highest BCUT2D eigenvalue weighted by Crippen LogP contribution is 2.10. The van der Waals surface area contributed by atoms with Crippen LogP contribution in [0.4, 0.5) is 0 Å². The summed E-state index contributed by atoms with van der Waals surface area (Å²) in [7, 11) is 0. The summed E-state index contributed by atoms with van der Waals surface area (Å²) >= 11 is 0. The van der Waals surface area contributed by atoms with Crippen molar-refractivity contribution in [2.45, 2.75) is 71.0 Å². The standard InChI is InChI=1S/C11H24O2/c1-3-5-6-7-8-9-11(13)10(12)4-2/h10-13H,3-9H2,1-2H3/t10-,11+/m1/s1. The molecule has 0 heterocycles. The first-order chi connectivity index (χ1) is 6.22. The van der Waals surface area contributed by atoms with E-state index < -0.39 is 12.2 Å². The molecule has 0 aliphatic carbocycles. The fourth-order valence-corrected chi connectivity index (χ4v) is 1.42. The van der Waals surface area contributed by atoms with Crippen molar-refractivity contribution in [2.24, 2.45) is 0 Å². The number of hydrogen-bond acceptors (Lipinski definition) is 2. The van der Waals surface area contributed by atoms with Crippen LogP contribution in [0.1, 0.15) is 58.8 Å². The van der Waals surface area contributed by atoms with Gasteiger partial charge in [0.2, 0.25) is 0 Å². The Morgan fingerprint density at radius 1 is 0.846 bits per heavy atom. The van der Waals surface area contributed by atoms with Gasteiger partial charge in [-0.1, -0.05) is 46.0 Å². The van der Waals surface area contributed by atoms with Crippen molar-refractivity contribution in [1.82, 2.24) is 0 Å². The van der Waals surface area contributed by atoms with Crippen LogP contribution in [0.25, 0.3) is 0 Å². The van der Waals surface area contributed by atoms with Gasteiger partial charge in [-0.3, -0.25) is 0 Å². The van der Waals surface area contributed by atoms with E-state index in [9.17, 15) is 10.2 Å². The Labute approximate surface area is 82.0 Å². The van der Waals surface area contributed by atoms with E-state index in [1.165, 1.54) is 25.7 Å². The van der Waals surface area contributed by atoms with Crippen LogP contribution in [0.3, 0.4) is 0 Å². The first-order valence-electron chi connectivity index (χ1n) is 5.58. The quantitative estimate of drug-likeness (QED) is 0.574. The molecule has 2 nitrogen and oxygen atoms in total. The molecule has 0 fully saturated rings. The lowest BCUT2D eigenvalue weighted by Crippen LogP contribution is -2.24. The molecule has 2 heteroatoms. The van der Waals surface area contributed by atoms with Crippen LogP contribution in [-0.2, 0) is 0 Å². The van der Waals surface area contributed by atoms with E-state index >= 15 is 0 Å². The summed E-state index contributed by atoms with van der Waals surface area (Å²) in [6.07, 6.45) is 6.38. The maximum absolute atomic E-state index is 9.42. The number of aliphatic hydroxyl groups is 2. The second kappa shape index (κ2) is 8.52. The van der Waals surface area contributed by atoms with Gasteiger partial charge in [-0.25, -0.2) is 0 Å². The van der Waals surface area contributed by atoms with Gasteiger partial charge in [-0.05, 0) is 12.8 Å². The van der Waals surface area contributed by atoms with Crippen LogP contribution in [0, 0.1) is 0 Å². The van der Waals surface area contributed by atoms with Crippen molar-refractivity contribution < 1.29 is 10.2 Å². The van der Waals surface area contributed by atoms with Crippen molar-refractivity contribution >= 4 is 0 Å². The van der Waals surface area contributed by atoms with Gasteiger partial charge in [-0.2, -0.15) is 0 Å². The average molecular weight is 188 g/mol. The molecule has 0 spiro atoms. The highest BCUT2D eigenvalue weighted by Gasteiger charge is 2.12. The van der Waals surface area contributed by atoms with Crippen molar-refractivity contribution in [3.8, 4) is 0 Å². The predicted octanol–water partition coefficient (Wildman–Crippen LogP) is 2.48. The van der Waals surface area contributed by atoms with E-state index in [1.807, 2.05) is 6.92 Å². The zero-order chi connectivity index (χ0) is 10.1. The summed E-state index contributed by atoms with van der Waals surface area (Å²) in [4.78, 5) is 0. The third kappa shape index (κ3) is 7.03. The van der Waals surface area contributed by atoms with Crippen molar-refractivity contribution in [3.63, 3.8) is 0 Å². The molecule has 13 heavy (non-hydrogen) atoms. The van der Waals surface area contributed by atoms with E-state index in [1.54, 1.807) is 0 Å². The topological polar surface area (TPSA) is 40.5 Å². The van der Waals surface area contributed by atoms with Gasteiger partial charge in [0.15, 0.2) is 0 Å². The molecule has 80 valence electrons. The second-order valence-corrected chi connectivity index (χ2v) is 3.75. The molecule has 0 rings (SSSR count). The predicted molar refractivity (Wildman–Crippen MR) is 55.7 cm³/mol. The zero-order valence-corrected chi connectivity index (χ0v) is 9.00. The van der Waals surface area contributed by atoms with Crippen LogP contribution in [0.15, 0.2) is 0 Å². The minimum Gasteiger partial charge on any atom is -0.390 e. The van der Waals surface area contributed by atoms with Crippen LogP contribution in [-0.4, -0.2) is 22.4 Å². The molecule has 2 atom stereocenters. The Morgan fingerprint density at radius 3 is 2.00 bits per heavy atom. The molecule has 0 radical (unpaired) electrons. The SMILES string of the molecule is CCCCCCC[C@H](O)[C@H](O)CC. The summed E-state index contributed by atoms with van der Waals surface area (Å²) in [5, 5.41) is 18.7. The largest absolute Gasteiger partial charge is 0.390 e. The maximum Gasteiger partial charge on any atom is 0.0799 e. The van der Waals surface area contributed by atoms with Gasteiger partial charge >= 0.3 is 0 Å². The second-order valence-electron chi connectivity index (χ2n) is 3.75. The van der Waals surface area contributed by atoms with Gasteiger partial charge in [0, 0.05) is 0 Å². The number of rotatable bonds is 8. The number of aliphatic hydroxyl groups excluding tert-OH is 2. The molecule has 0 aliphatic heterocycles. The first-order valence-corrected chi connectivity index (χ1v) is 5.58. The lowest BCUT2D eigenvalue weighted by Gasteiger charge is -2.15. The van der Waals surface area contributed by atoms with Gasteiger partial charge in [0.05, 0.1) is 12.2 Å². The van der Waals surface area contributed by atoms with Crippen LogP contribution in [0.5, 0.6) is 0 Å². The lowest BCUT2D eigenvalue weighted by atomic mass is 10.0. The molecule has 0 saturated carbocycles. The molecule has 2 N–H and O–H groups in total. The number of unbranched alkanes of at least 4 members (excludes halogenated alkanes) is 4. The van der Waals surface area contributed by atoms with Crippen LogP contribution in [0.2, 0.25) is 0 Å². The third-order valence-electron chi connectivity index (χ3n) is 2.47. The number of hydrogen-bond donors (Lipinski definition) is 2. The molecule has 0 aliphatic rings. The third-order valence-corrected chi connectivity index (χ3v) is 2.47. The summed E-state index contributed by atoms with van der Waals surface area (Å²) < 4.78 is 0. The Bertz CT molecular complexity index is 104. The van der Waals surface area contributed by atoms with Crippen LogP contribution >= 0.6 is 0 Å². The molecule has 0 aromatic carbocycles. The van der Waals surface area contributed by atoms with Gasteiger partial charge in [0.25, 0.3) is 0 Å². The van der Waals surface area contributed by atoms with E-state index in [-0.39, 0.29) is 0 Å². The van der Waals surface area contributed by atoms with Crippen molar-refractivity contribution in [1.29, 1.82) is 0 Å². The fourth-order valence-electron chi connectivity index (χ4n) is 1.42. The van der Waals surface area contributed by atoms with E-state index in [0.717, 1.165) is 12.8 Å². The molecule has 0 aromatic rings. The van der Waals surface area contributed by atoms with Gasteiger partial charge < -0.3 is 10.2 Å². The minimum absolute atomic E-state index is 0.508. The minimum atomic E-state index is -0.522. The zero-order valence-electron chi connectivity index (χ0n) is 9.00. The molecular formula is C11H24O2. The molecular weight excluding hydrogens is 164 g/mol. The summed E-state index contributed by atoms with van der Waals surface area (Å²) in [6.45, 7) is 4.08. The normalized spacial score (nSPS) is 15.7. The Morgan fingerprint density at radius 2 is 1.46 bits per heavy atom. The molecule has 0 aromatic heterocycles. The highest BCUT2D eigenvalue weighted by molar-refractivity contribution is 4.64. The van der Waals surface area contributed by atoms with Gasteiger partial charge in [-0.15, -0.1) is 0 Å². The Hall–Kier alpha value is -0.0800. The van der Waals surface area contributed by atoms with E-state index in [2.05, 4.69) is 6.92 Å². The smallest absolute Gasteiger partial charge is 0.0799 e. The lowest BCUT2D eigenvalue weighted by molar-refractivity contribution is 0.0114. The first kappa shape index (κ1) is 12.9.